The molecule has 2 rings (SSSR count). The molecule has 1 aromatic rings. The predicted molar refractivity (Wildman–Crippen MR) is 77.1 cm³/mol. The molecule has 3 nitrogen and oxygen atoms in total. The zero-order chi connectivity index (χ0) is 13.2. The van der Waals surface area contributed by atoms with Crippen molar-refractivity contribution in [1.29, 1.82) is 5.26 Å². The van der Waals surface area contributed by atoms with Gasteiger partial charge >= 0.3 is 0 Å². The lowest BCUT2D eigenvalue weighted by Crippen LogP contribution is -2.28. The fraction of sp³-hybridized carbons (Fsp3) is 0.571. The smallest absolute Gasteiger partial charge is 0.146 e. The molecule has 0 atom stereocenters. The number of aromatic nitrogens is 1. The summed E-state index contributed by atoms with van der Waals surface area (Å²) in [6.07, 6.45) is 1.12. The third-order valence-electron chi connectivity index (χ3n) is 3.27. The van der Waals surface area contributed by atoms with E-state index in [4.69, 9.17) is 0 Å². The number of thioether (sulfide) groups is 1. The lowest BCUT2D eigenvalue weighted by molar-refractivity contribution is 0.634. The topological polar surface area (TPSA) is 39.9 Å². The number of hydrogen-bond donors (Lipinski definition) is 0. The first-order valence-corrected chi connectivity index (χ1v) is 7.27. The SMILES string of the molecule is Cc1ccc(C#N)c(N2CCSC(C)(C)CC2)n1. The van der Waals surface area contributed by atoms with E-state index in [0.717, 1.165) is 36.8 Å². The summed E-state index contributed by atoms with van der Waals surface area (Å²) in [6.45, 7) is 8.50. The van der Waals surface area contributed by atoms with Crippen molar-refractivity contribution in [2.75, 3.05) is 23.7 Å². The van der Waals surface area contributed by atoms with Crippen LogP contribution < -0.4 is 4.90 Å². The molecule has 0 radical (unpaired) electrons. The van der Waals surface area contributed by atoms with E-state index < -0.39 is 0 Å². The Kier molecular flexibility index (Phi) is 3.82. The Morgan fingerprint density at radius 3 is 2.89 bits per heavy atom. The van der Waals surface area contributed by atoms with Crippen molar-refractivity contribution in [3.05, 3.63) is 23.4 Å². The van der Waals surface area contributed by atoms with E-state index in [1.807, 2.05) is 30.8 Å². The average molecular weight is 261 g/mol. The summed E-state index contributed by atoms with van der Waals surface area (Å²) in [5.74, 6) is 1.95. The number of rotatable bonds is 1. The van der Waals surface area contributed by atoms with Crippen molar-refractivity contribution < 1.29 is 0 Å². The summed E-state index contributed by atoms with van der Waals surface area (Å²) >= 11 is 2.00. The molecule has 0 aliphatic carbocycles. The van der Waals surface area contributed by atoms with E-state index in [9.17, 15) is 5.26 Å². The molecule has 96 valence electrons. The highest BCUT2D eigenvalue weighted by Crippen LogP contribution is 2.32. The summed E-state index contributed by atoms with van der Waals surface area (Å²) in [5.41, 5.74) is 1.66. The number of nitriles is 1. The fourth-order valence-electron chi connectivity index (χ4n) is 2.10. The second kappa shape index (κ2) is 5.19. The van der Waals surface area contributed by atoms with Crippen molar-refractivity contribution in [3.8, 4) is 6.07 Å². The van der Waals surface area contributed by atoms with Crippen LogP contribution in [0.1, 0.15) is 31.5 Å². The van der Waals surface area contributed by atoms with Gasteiger partial charge in [-0.15, -0.1) is 0 Å². The number of pyridine rings is 1. The summed E-state index contributed by atoms with van der Waals surface area (Å²) in [4.78, 5) is 6.81. The number of hydrogen-bond acceptors (Lipinski definition) is 4. The lowest BCUT2D eigenvalue weighted by atomic mass is 10.1. The molecule has 1 fully saturated rings. The van der Waals surface area contributed by atoms with Gasteiger partial charge in [-0.05, 0) is 25.5 Å². The quantitative estimate of drug-likeness (QED) is 0.779. The van der Waals surface area contributed by atoms with Crippen LogP contribution >= 0.6 is 11.8 Å². The minimum atomic E-state index is 0.325. The van der Waals surface area contributed by atoms with E-state index in [-0.39, 0.29) is 0 Å². The van der Waals surface area contributed by atoms with Crippen LogP contribution in [0, 0.1) is 18.3 Å². The van der Waals surface area contributed by atoms with Gasteiger partial charge in [0.25, 0.3) is 0 Å². The average Bonchev–Trinajstić information content (AvgIpc) is 2.50. The van der Waals surface area contributed by atoms with E-state index in [0.29, 0.717) is 10.3 Å². The molecule has 0 unspecified atom stereocenters. The Balaban J connectivity index is 2.26. The molecule has 4 heteroatoms. The number of nitrogens with zero attached hydrogens (tertiary/aromatic N) is 3. The minimum absolute atomic E-state index is 0.325. The molecular weight excluding hydrogens is 242 g/mol. The van der Waals surface area contributed by atoms with Crippen molar-refractivity contribution >= 4 is 17.6 Å². The van der Waals surface area contributed by atoms with Gasteiger partial charge in [-0.3, -0.25) is 0 Å². The second-order valence-electron chi connectivity index (χ2n) is 5.28. The Bertz CT molecular complexity index is 476. The molecule has 0 amide bonds. The van der Waals surface area contributed by atoms with Gasteiger partial charge in [0.1, 0.15) is 11.9 Å². The number of aryl methyl sites for hydroxylation is 1. The molecule has 18 heavy (non-hydrogen) atoms. The van der Waals surface area contributed by atoms with Crippen LogP contribution in [-0.4, -0.2) is 28.6 Å². The maximum Gasteiger partial charge on any atom is 0.146 e. The van der Waals surface area contributed by atoms with Crippen molar-refractivity contribution in [2.24, 2.45) is 0 Å². The lowest BCUT2D eigenvalue weighted by Gasteiger charge is -2.24. The summed E-state index contributed by atoms with van der Waals surface area (Å²) in [7, 11) is 0. The zero-order valence-corrected chi connectivity index (χ0v) is 12.0. The molecule has 0 bridgehead atoms. The molecule has 0 saturated carbocycles. The van der Waals surface area contributed by atoms with Crippen LogP contribution in [0.3, 0.4) is 0 Å². The third-order valence-corrected chi connectivity index (χ3v) is 4.64. The van der Waals surface area contributed by atoms with Crippen molar-refractivity contribution in [1.82, 2.24) is 4.98 Å². The maximum atomic E-state index is 9.19. The molecule has 1 aliphatic rings. The Morgan fingerprint density at radius 1 is 1.39 bits per heavy atom. The second-order valence-corrected chi connectivity index (χ2v) is 7.08. The molecular formula is C14H19N3S. The molecule has 0 N–H and O–H groups in total. The molecule has 0 spiro atoms. The summed E-state index contributed by atoms with van der Waals surface area (Å²) < 4.78 is 0.325. The molecule has 1 aliphatic heterocycles. The van der Waals surface area contributed by atoms with E-state index in [2.05, 4.69) is 29.8 Å². The minimum Gasteiger partial charge on any atom is -0.355 e. The van der Waals surface area contributed by atoms with Crippen LogP contribution in [0.5, 0.6) is 0 Å². The van der Waals surface area contributed by atoms with Gasteiger partial charge in [0.05, 0.1) is 5.56 Å². The van der Waals surface area contributed by atoms with Crippen molar-refractivity contribution in [3.63, 3.8) is 0 Å². The van der Waals surface area contributed by atoms with E-state index >= 15 is 0 Å². The highest BCUT2D eigenvalue weighted by atomic mass is 32.2. The Labute approximate surface area is 113 Å². The van der Waals surface area contributed by atoms with Gasteiger partial charge in [0, 0.05) is 29.3 Å². The van der Waals surface area contributed by atoms with Crippen LogP contribution in [-0.2, 0) is 0 Å². The fourth-order valence-corrected chi connectivity index (χ4v) is 3.20. The Hall–Kier alpha value is -1.21. The van der Waals surface area contributed by atoms with Crippen LogP contribution in [0.25, 0.3) is 0 Å². The van der Waals surface area contributed by atoms with Gasteiger partial charge in [-0.1, -0.05) is 13.8 Å². The van der Waals surface area contributed by atoms with E-state index in [1.165, 1.54) is 0 Å². The first kappa shape index (κ1) is 13.2. The highest BCUT2D eigenvalue weighted by molar-refractivity contribution is 8.00. The zero-order valence-electron chi connectivity index (χ0n) is 11.2. The number of anilines is 1. The van der Waals surface area contributed by atoms with Crippen LogP contribution in [0.4, 0.5) is 5.82 Å². The van der Waals surface area contributed by atoms with Crippen LogP contribution in [0.15, 0.2) is 12.1 Å². The first-order valence-electron chi connectivity index (χ1n) is 6.28. The summed E-state index contributed by atoms with van der Waals surface area (Å²) in [6, 6.07) is 6.03. The first-order chi connectivity index (χ1) is 8.52. The van der Waals surface area contributed by atoms with Crippen LogP contribution in [0.2, 0.25) is 0 Å². The summed E-state index contributed by atoms with van der Waals surface area (Å²) in [5, 5.41) is 9.19. The van der Waals surface area contributed by atoms with Gasteiger partial charge in [-0.2, -0.15) is 17.0 Å². The Morgan fingerprint density at radius 2 is 2.17 bits per heavy atom. The standard InChI is InChI=1S/C14H19N3S/c1-11-4-5-12(10-15)13(16-11)17-7-6-14(2,3)18-9-8-17/h4-5H,6-9H2,1-3H3. The van der Waals surface area contributed by atoms with Gasteiger partial charge < -0.3 is 4.90 Å². The molecule has 1 aromatic heterocycles. The maximum absolute atomic E-state index is 9.19. The van der Waals surface area contributed by atoms with E-state index in [1.54, 1.807) is 0 Å². The van der Waals surface area contributed by atoms with Gasteiger partial charge in [-0.25, -0.2) is 4.98 Å². The predicted octanol–water partition coefficient (Wildman–Crippen LogP) is 2.98. The van der Waals surface area contributed by atoms with Crippen molar-refractivity contribution in [2.45, 2.75) is 31.9 Å². The molecule has 0 aromatic carbocycles. The monoisotopic (exact) mass is 261 g/mol. The third kappa shape index (κ3) is 2.97. The highest BCUT2D eigenvalue weighted by Gasteiger charge is 2.25. The van der Waals surface area contributed by atoms with Gasteiger partial charge in [0.2, 0.25) is 0 Å². The largest absolute Gasteiger partial charge is 0.355 e. The molecule has 2 heterocycles. The molecule has 1 saturated heterocycles. The normalized spacial score (nSPS) is 19.1. The van der Waals surface area contributed by atoms with Gasteiger partial charge in [0.15, 0.2) is 0 Å².